The van der Waals surface area contributed by atoms with Crippen LogP contribution in [0, 0.1) is 5.41 Å². The zero-order valence-corrected chi connectivity index (χ0v) is 83.9. The van der Waals surface area contributed by atoms with Crippen LogP contribution >= 0.6 is 0 Å². The molecular formula is C87H176N6O54. The van der Waals surface area contributed by atoms with Gasteiger partial charge in [-0.1, -0.05) is 6.92 Å². The normalized spacial score (nSPS) is 17.3. The number of ether oxygens (including phenoxy) is 21. The van der Waals surface area contributed by atoms with Crippen LogP contribution in [0.1, 0.15) is 13.3 Å². The maximum absolute atomic E-state index is 13.0. The molecule has 0 aromatic carbocycles. The largest absolute Gasteiger partial charge is 0.449 e. The van der Waals surface area contributed by atoms with E-state index in [1.165, 1.54) is 14.7 Å². The number of amides is 3. The van der Waals surface area contributed by atoms with Crippen LogP contribution in [0.5, 0.6) is 0 Å². The number of carbonyl (C=O) groups excluding carboxylic acids is 3. The van der Waals surface area contributed by atoms with Crippen molar-refractivity contribution >= 4 is 18.3 Å². The van der Waals surface area contributed by atoms with Crippen molar-refractivity contribution in [2.45, 2.75) is 160 Å². The summed E-state index contributed by atoms with van der Waals surface area (Å²) in [7, 11) is 0. The maximum Gasteiger partial charge on any atom is 0.407 e. The van der Waals surface area contributed by atoms with Crippen LogP contribution in [-0.2, 0) is 99.5 Å². The molecule has 0 bridgehead atoms. The van der Waals surface area contributed by atoms with Crippen LogP contribution in [0.3, 0.4) is 0 Å². The van der Waals surface area contributed by atoms with Crippen molar-refractivity contribution in [2.75, 3.05) is 376 Å². The van der Waals surface area contributed by atoms with Gasteiger partial charge < -0.3 is 269 Å². The van der Waals surface area contributed by atoms with Crippen LogP contribution in [0.2, 0.25) is 0 Å². The Balaban J connectivity index is 5.02. The molecule has 0 aliphatic heterocycles. The molecule has 0 saturated heterocycles. The van der Waals surface area contributed by atoms with Gasteiger partial charge in [0.05, 0.1) is 320 Å². The Kier molecular flexibility index (Phi) is 90.4. The maximum atomic E-state index is 13.0. The fourth-order valence-corrected chi connectivity index (χ4v) is 12.5. The molecule has 0 radical (unpaired) electrons. The van der Waals surface area contributed by atoms with Gasteiger partial charge in [0.1, 0.15) is 130 Å². The van der Waals surface area contributed by atoms with Crippen molar-refractivity contribution < 1.29 is 267 Å². The Morgan fingerprint density at radius 2 is 0.320 bits per heavy atom. The van der Waals surface area contributed by atoms with E-state index in [2.05, 4.69) is 16.0 Å². The molecule has 3 amide bonds. The van der Waals surface area contributed by atoms with E-state index in [-0.39, 0.29) is 303 Å². The fraction of sp³-hybridized carbons (Fsp3) is 0.966. The monoisotopic (exact) mass is 2170 g/mol. The molecule has 0 aromatic heterocycles. The van der Waals surface area contributed by atoms with Gasteiger partial charge in [-0.15, -0.1) is 0 Å². The topological polar surface area (TPSA) is 898 Å². The second-order valence-electron chi connectivity index (χ2n) is 33.5. The van der Waals surface area contributed by atoms with Crippen LogP contribution in [0.15, 0.2) is 0 Å². The second kappa shape index (κ2) is 93.0. The minimum Gasteiger partial charge on any atom is -0.449 e. The number of alkyl carbamates (subject to hydrolysis) is 3. The molecule has 0 fully saturated rings. The molecule has 0 heterocycles. The van der Waals surface area contributed by atoms with E-state index in [1.54, 1.807) is 6.92 Å². The summed E-state index contributed by atoms with van der Waals surface area (Å²) in [6.45, 7) is -1.40. The van der Waals surface area contributed by atoms with Gasteiger partial charge in [0, 0.05) is 78.5 Å². The lowest BCUT2D eigenvalue weighted by Crippen LogP contribution is -2.53. The van der Waals surface area contributed by atoms with E-state index >= 15 is 0 Å². The first-order valence-electron chi connectivity index (χ1n) is 48.8. The Labute approximate surface area is 854 Å². The number of carbonyl (C=O) groups is 3. The molecule has 0 rings (SSSR count). The highest BCUT2D eigenvalue weighted by Gasteiger charge is 2.40. The zero-order chi connectivity index (χ0) is 110. The quantitative estimate of drug-likeness (QED) is 0.0199. The van der Waals surface area contributed by atoms with Crippen LogP contribution in [-0.4, -0.2) is 709 Å². The summed E-state index contributed by atoms with van der Waals surface area (Å²) >= 11 is 0. The van der Waals surface area contributed by atoms with E-state index in [4.69, 9.17) is 130 Å². The lowest BCUT2D eigenvalue weighted by Gasteiger charge is -2.33. The zero-order valence-electron chi connectivity index (χ0n) is 83.9. The molecule has 0 unspecified atom stereocenters. The molecule has 147 heavy (non-hydrogen) atoms. The summed E-state index contributed by atoms with van der Waals surface area (Å²) in [4.78, 5) is 42.8. The number of aliphatic hydroxyl groups excluding tert-OH is 30. The molecule has 0 aliphatic carbocycles. The average Bonchev–Trinajstić information content (AvgIpc) is 0.865. The Morgan fingerprint density at radius 1 is 0.197 bits per heavy atom. The third-order valence-corrected chi connectivity index (χ3v) is 21.7. The van der Waals surface area contributed by atoms with E-state index in [0.29, 0.717) is 0 Å². The van der Waals surface area contributed by atoms with Gasteiger partial charge in [-0.3, -0.25) is 14.7 Å². The molecule has 878 valence electrons. The van der Waals surface area contributed by atoms with Gasteiger partial charge in [0.15, 0.2) is 0 Å². The van der Waals surface area contributed by atoms with Crippen LogP contribution in [0.25, 0.3) is 0 Å². The fourth-order valence-electron chi connectivity index (χ4n) is 12.5. The summed E-state index contributed by atoms with van der Waals surface area (Å²) in [5.74, 6) is 0. The van der Waals surface area contributed by atoms with Gasteiger partial charge in [0.25, 0.3) is 0 Å². The van der Waals surface area contributed by atoms with Crippen LogP contribution < -0.4 is 16.0 Å². The average molecular weight is 2170 g/mol. The lowest BCUT2D eigenvalue weighted by atomic mass is 9.88. The second-order valence-corrected chi connectivity index (χ2v) is 33.5. The summed E-state index contributed by atoms with van der Waals surface area (Å²) < 4.78 is 116. The molecule has 0 spiro atoms. The van der Waals surface area contributed by atoms with Crippen molar-refractivity contribution in [2.24, 2.45) is 5.41 Å². The Hall–Kier alpha value is -4.23. The third kappa shape index (κ3) is 71.5. The first-order valence-corrected chi connectivity index (χ1v) is 48.8. The number of aliphatic hydroxyl groups is 30. The van der Waals surface area contributed by atoms with Gasteiger partial charge in [-0.2, -0.15) is 0 Å². The third-order valence-electron chi connectivity index (χ3n) is 21.7. The molecule has 60 heteroatoms. The number of rotatable bonds is 106. The summed E-state index contributed by atoms with van der Waals surface area (Å²) in [6.07, 6.45) is -46.6. The first-order chi connectivity index (χ1) is 70.5. The predicted octanol–water partition coefficient (Wildman–Crippen LogP) is -18.6. The number of hydrogen-bond donors (Lipinski definition) is 33. The van der Waals surface area contributed by atoms with Crippen molar-refractivity contribution in [3.63, 3.8) is 0 Å². The minimum atomic E-state index is -1.94. The molecule has 24 atom stereocenters. The highest BCUT2D eigenvalue weighted by molar-refractivity contribution is 5.68. The Morgan fingerprint density at radius 3 is 0.449 bits per heavy atom. The van der Waals surface area contributed by atoms with Crippen LogP contribution in [0.4, 0.5) is 14.4 Å². The number of nitrogens with zero attached hydrogens (tertiary/aromatic N) is 3. The molecule has 0 aromatic rings. The van der Waals surface area contributed by atoms with Crippen molar-refractivity contribution in [3.8, 4) is 0 Å². The molecule has 33 N–H and O–H groups in total. The lowest BCUT2D eigenvalue weighted by molar-refractivity contribution is -0.131. The SMILES string of the molecule is CCC(COC(=O)NCCOCCOCCOCCOCCOCCOCCN(C[C@H](O)[C@@H](O)[C@H](O)[C@H](O)CO)C[C@H](O)[C@@H](O)[C@H](O)[C@H](O)CO)(COC(=O)NCCOCCOCCOCCOCCOCCOCCN(C[C@H](O)[C@@H](O)[C@H](O)[C@H](O)CO)C[C@H](O)[C@@H](O)[C@H](O)[C@H](O)CO)COC(=O)NCCOCCOCCOCCOCCOCCOCCN(C[C@H](O)[C@@H](O)[C@H](O)[C@H](O)CO)C[C@H](O)[C@@H](O)[C@H](O)[C@H](O)CO. The van der Waals surface area contributed by atoms with Gasteiger partial charge in [-0.05, 0) is 6.42 Å². The van der Waals surface area contributed by atoms with E-state index in [9.17, 15) is 137 Å². The number of nitrogens with one attached hydrogen (secondary N) is 3. The van der Waals surface area contributed by atoms with Crippen molar-refractivity contribution in [1.29, 1.82) is 0 Å². The Bertz CT molecular complexity index is 2600. The molecular weight excluding hydrogens is 1990 g/mol. The molecule has 0 saturated carbocycles. The van der Waals surface area contributed by atoms with E-state index in [0.717, 1.165) is 0 Å². The van der Waals surface area contributed by atoms with Crippen molar-refractivity contribution in [1.82, 2.24) is 30.7 Å². The summed E-state index contributed by atoms with van der Waals surface area (Å²) in [5.41, 5.74) is -1.24. The van der Waals surface area contributed by atoms with Gasteiger partial charge in [-0.25, -0.2) is 14.4 Å². The highest BCUT2D eigenvalue weighted by Crippen LogP contribution is 2.25. The smallest absolute Gasteiger partial charge is 0.407 e. The summed E-state index contributed by atoms with van der Waals surface area (Å²) in [6, 6.07) is 0. The summed E-state index contributed by atoms with van der Waals surface area (Å²) in [5, 5.41) is 306. The van der Waals surface area contributed by atoms with Gasteiger partial charge >= 0.3 is 18.3 Å². The first kappa shape index (κ1) is 143. The minimum absolute atomic E-state index is 0.0291. The predicted molar refractivity (Wildman–Crippen MR) is 502 cm³/mol. The van der Waals surface area contributed by atoms with E-state index in [1.807, 2.05) is 0 Å². The van der Waals surface area contributed by atoms with Gasteiger partial charge in [0.2, 0.25) is 0 Å². The standard InChI is InChI=1S/C87H176N6O54/c1-2-87(57-145-84(124)88-3-9-127-15-21-133-27-33-139-39-42-142-36-30-136-24-18-130-12-6-91(45-60(100)72(112)78(118)66(106)51-94)46-61(101)73(113)79(119)67(107)52-95,58-146-85(125)89-4-10-128-16-22-134-28-34-140-40-43-143-37-31-137-25-19-131-13-7-92(47-62(102)74(114)80(120)68(108)53-96)48-63(103)75(115)81(121)69(109)54-97)59-147-86(126)90-5-11-129-17-23-135-29-35-141-41-44-144-38-32-138-26-20-132-14-8-93(49-64(104)76(116)82(122)70(110)55-98)50-65(105)77(117)83(123)71(111)56-99/h60-83,94-123H,2-59H2,1H3,(H,88,124)(H,89,125)(H,90,126)/t60-,61-,62-,63-,64-,65-,66+,67+,68+,69+,70+,71+,72+,73+,74+,75+,76+,77+,78+,79+,80+,81+,82+,83+/m0/s1. The molecule has 60 nitrogen and oxygen atoms in total. The number of hydrogen-bond acceptors (Lipinski definition) is 57. The molecule has 0 aliphatic rings. The van der Waals surface area contributed by atoms with E-state index < -0.39 is 249 Å². The highest BCUT2D eigenvalue weighted by atomic mass is 16.6. The van der Waals surface area contributed by atoms with Crippen molar-refractivity contribution in [3.05, 3.63) is 0 Å².